The molecule has 0 unspecified atom stereocenters. The number of cyclic esters (lactones) is 1. The third kappa shape index (κ3) is 4.80. The molecule has 1 N–H and O–H groups in total. The summed E-state index contributed by atoms with van der Waals surface area (Å²) in [6, 6.07) is 9.70. The Labute approximate surface area is 207 Å². The average Bonchev–Trinajstić information content (AvgIpc) is 2.80. The first kappa shape index (κ1) is 24.9. The number of anilines is 1. The van der Waals surface area contributed by atoms with E-state index in [2.05, 4.69) is 20.7 Å². The second-order valence-electron chi connectivity index (χ2n) is 7.46. The number of hydrogen-bond donors (Lipinski definition) is 1. The van der Waals surface area contributed by atoms with Crippen LogP contribution in [0.4, 0.5) is 18.9 Å². The van der Waals surface area contributed by atoms with Crippen LogP contribution in [0, 0.1) is 0 Å². The van der Waals surface area contributed by atoms with E-state index < -0.39 is 27.7 Å². The van der Waals surface area contributed by atoms with Gasteiger partial charge in [0.2, 0.25) is 0 Å². The second-order valence-corrected chi connectivity index (χ2v) is 9.96. The molecule has 4 rings (SSSR count). The molecule has 3 aromatic carbocycles. The minimum absolute atomic E-state index is 0.0246. The highest BCUT2D eigenvalue weighted by Crippen LogP contribution is 2.40. The molecule has 1 heterocycles. The van der Waals surface area contributed by atoms with Gasteiger partial charge in [-0.15, -0.1) is 0 Å². The van der Waals surface area contributed by atoms with Gasteiger partial charge in [-0.3, -0.25) is 4.72 Å². The molecule has 1 aliphatic rings. The molecular formula is C23H17BrF3NO6S. The van der Waals surface area contributed by atoms with Gasteiger partial charge in [0.15, 0.2) is 5.75 Å². The SMILES string of the molecule is COc1ccc2cc1NS(=O)(=O)c1cc(cc(Br)c1OC)C(=O)OCc1ccc(C(F)(F)F)cc1-2. The first-order valence-corrected chi connectivity index (χ1v) is 12.2. The number of rotatable bonds is 2. The van der Waals surface area contributed by atoms with Gasteiger partial charge in [-0.05, 0) is 69.0 Å². The number of methoxy groups -OCH3 is 2. The number of fused-ring (bicyclic) bond motifs is 6. The Hall–Kier alpha value is -3.25. The summed E-state index contributed by atoms with van der Waals surface area (Å²) >= 11 is 3.21. The summed E-state index contributed by atoms with van der Waals surface area (Å²) in [6.45, 7) is -0.354. The summed E-state index contributed by atoms with van der Waals surface area (Å²) in [6.07, 6.45) is -4.62. The van der Waals surface area contributed by atoms with Crippen LogP contribution in [0.15, 0.2) is 57.9 Å². The predicted molar refractivity (Wildman–Crippen MR) is 124 cm³/mol. The molecule has 0 spiro atoms. The second kappa shape index (κ2) is 9.08. The van der Waals surface area contributed by atoms with Gasteiger partial charge in [0.1, 0.15) is 17.3 Å². The Morgan fingerprint density at radius 3 is 2.40 bits per heavy atom. The van der Waals surface area contributed by atoms with E-state index in [1.165, 1.54) is 44.6 Å². The number of sulfonamides is 1. The molecule has 35 heavy (non-hydrogen) atoms. The summed E-state index contributed by atoms with van der Waals surface area (Å²) in [7, 11) is -1.78. The van der Waals surface area contributed by atoms with E-state index in [0.29, 0.717) is 0 Å². The quantitative estimate of drug-likeness (QED) is 0.401. The van der Waals surface area contributed by atoms with E-state index >= 15 is 0 Å². The van der Waals surface area contributed by atoms with Crippen LogP contribution >= 0.6 is 15.9 Å². The lowest BCUT2D eigenvalue weighted by Crippen LogP contribution is -2.16. The van der Waals surface area contributed by atoms with Crippen molar-refractivity contribution >= 4 is 37.6 Å². The van der Waals surface area contributed by atoms with E-state index in [-0.39, 0.29) is 55.4 Å². The normalized spacial score (nSPS) is 14.9. The Kier molecular flexibility index (Phi) is 6.45. The molecule has 0 aliphatic carbocycles. The number of carbonyl (C=O) groups is 1. The zero-order valence-corrected chi connectivity index (χ0v) is 20.6. The van der Waals surface area contributed by atoms with Crippen LogP contribution in [-0.2, 0) is 27.5 Å². The fourth-order valence-corrected chi connectivity index (χ4v) is 5.64. The smallest absolute Gasteiger partial charge is 0.416 e. The zero-order chi connectivity index (χ0) is 25.5. The molecule has 0 fully saturated rings. The van der Waals surface area contributed by atoms with Crippen molar-refractivity contribution in [3.63, 3.8) is 0 Å². The molecule has 3 aromatic rings. The molecule has 0 amide bonds. The molecule has 0 saturated heterocycles. The number of benzene rings is 3. The van der Waals surface area contributed by atoms with Gasteiger partial charge in [-0.1, -0.05) is 12.1 Å². The topological polar surface area (TPSA) is 90.9 Å². The first-order valence-electron chi connectivity index (χ1n) is 9.90. The highest BCUT2D eigenvalue weighted by molar-refractivity contribution is 9.10. The van der Waals surface area contributed by atoms with E-state index in [4.69, 9.17) is 14.2 Å². The van der Waals surface area contributed by atoms with Gasteiger partial charge >= 0.3 is 12.1 Å². The van der Waals surface area contributed by atoms with E-state index in [1.54, 1.807) is 0 Å². The van der Waals surface area contributed by atoms with Gasteiger partial charge in [-0.2, -0.15) is 13.2 Å². The largest absolute Gasteiger partial charge is 0.495 e. The summed E-state index contributed by atoms with van der Waals surface area (Å²) in [5.41, 5.74) is -0.393. The van der Waals surface area contributed by atoms with Gasteiger partial charge in [0, 0.05) is 0 Å². The Balaban J connectivity index is 2.00. The number of nitrogens with one attached hydrogen (secondary N) is 1. The summed E-state index contributed by atoms with van der Waals surface area (Å²) in [4.78, 5) is 12.4. The van der Waals surface area contributed by atoms with Gasteiger partial charge in [-0.25, -0.2) is 13.2 Å². The average molecular weight is 572 g/mol. The molecule has 4 bridgehead atoms. The van der Waals surface area contributed by atoms with Gasteiger partial charge < -0.3 is 14.2 Å². The van der Waals surface area contributed by atoms with Gasteiger partial charge in [0.25, 0.3) is 10.0 Å². The minimum Gasteiger partial charge on any atom is -0.495 e. The van der Waals surface area contributed by atoms with Crippen molar-refractivity contribution < 1.29 is 40.6 Å². The summed E-state index contributed by atoms with van der Waals surface area (Å²) in [5, 5.41) is 0. The molecule has 184 valence electrons. The van der Waals surface area contributed by atoms with Crippen LogP contribution in [-0.4, -0.2) is 28.6 Å². The number of esters is 1. The summed E-state index contributed by atoms with van der Waals surface area (Å²) < 4.78 is 85.4. The third-order valence-electron chi connectivity index (χ3n) is 5.29. The Bertz CT molecular complexity index is 1440. The fourth-order valence-electron chi connectivity index (χ4n) is 3.61. The van der Waals surface area contributed by atoms with Gasteiger partial charge in [0.05, 0.1) is 35.5 Å². The van der Waals surface area contributed by atoms with Crippen LogP contribution in [0.3, 0.4) is 0 Å². The Morgan fingerprint density at radius 1 is 1.00 bits per heavy atom. The molecule has 0 radical (unpaired) electrons. The molecule has 7 nitrogen and oxygen atoms in total. The third-order valence-corrected chi connectivity index (χ3v) is 7.25. The van der Waals surface area contributed by atoms with Crippen LogP contribution in [0.2, 0.25) is 0 Å². The zero-order valence-electron chi connectivity index (χ0n) is 18.2. The molecular weight excluding hydrogens is 555 g/mol. The fraction of sp³-hybridized carbons (Fsp3) is 0.174. The van der Waals surface area contributed by atoms with Crippen LogP contribution < -0.4 is 14.2 Å². The standard InChI is InChI=1S/C23H17BrF3NO6S/c1-32-19-6-4-12-8-18(19)28-35(30,31)20-9-14(7-17(24)21(20)33-2)22(29)34-11-13-3-5-15(10-16(12)13)23(25,26)27/h3-10,28H,11H2,1-2H3. The summed E-state index contributed by atoms with van der Waals surface area (Å²) in [5.74, 6) is -0.807. The maximum absolute atomic E-state index is 13.4. The minimum atomic E-state index is -4.62. The molecule has 0 saturated carbocycles. The molecule has 12 heteroatoms. The molecule has 0 aromatic heterocycles. The van der Waals surface area contributed by atoms with Crippen LogP contribution in [0.25, 0.3) is 11.1 Å². The Morgan fingerprint density at radius 2 is 1.74 bits per heavy atom. The van der Waals surface area contributed by atoms with E-state index in [1.807, 2.05) is 0 Å². The molecule has 0 atom stereocenters. The molecule has 1 aliphatic heterocycles. The van der Waals surface area contributed by atoms with Crippen molar-refractivity contribution in [3.05, 3.63) is 69.7 Å². The van der Waals surface area contributed by atoms with E-state index in [9.17, 15) is 26.4 Å². The lowest BCUT2D eigenvalue weighted by Gasteiger charge is -2.17. The number of ether oxygens (including phenoxy) is 3. The van der Waals surface area contributed by atoms with E-state index in [0.717, 1.165) is 18.2 Å². The first-order chi connectivity index (χ1) is 16.4. The van der Waals surface area contributed by atoms with Crippen molar-refractivity contribution in [2.45, 2.75) is 17.7 Å². The maximum Gasteiger partial charge on any atom is 0.416 e. The van der Waals surface area contributed by atoms with Crippen LogP contribution in [0.5, 0.6) is 11.5 Å². The number of hydrogen-bond acceptors (Lipinski definition) is 6. The highest BCUT2D eigenvalue weighted by atomic mass is 79.9. The van der Waals surface area contributed by atoms with Crippen molar-refractivity contribution in [1.82, 2.24) is 0 Å². The van der Waals surface area contributed by atoms with Crippen molar-refractivity contribution in [1.29, 1.82) is 0 Å². The predicted octanol–water partition coefficient (Wildman–Crippen LogP) is 5.62. The lowest BCUT2D eigenvalue weighted by atomic mass is 9.96. The number of alkyl halides is 3. The maximum atomic E-state index is 13.4. The number of carbonyl (C=O) groups excluding carboxylic acids is 1. The van der Waals surface area contributed by atoms with Crippen LogP contribution in [0.1, 0.15) is 21.5 Å². The number of halogens is 4. The lowest BCUT2D eigenvalue weighted by molar-refractivity contribution is -0.137. The van der Waals surface area contributed by atoms with Crippen molar-refractivity contribution in [2.75, 3.05) is 18.9 Å². The van der Waals surface area contributed by atoms with Crippen molar-refractivity contribution in [3.8, 4) is 22.6 Å². The monoisotopic (exact) mass is 571 g/mol. The van der Waals surface area contributed by atoms with Crippen molar-refractivity contribution in [2.24, 2.45) is 0 Å². The highest BCUT2D eigenvalue weighted by Gasteiger charge is 2.32.